The van der Waals surface area contributed by atoms with Crippen LogP contribution < -0.4 is 16.0 Å². The van der Waals surface area contributed by atoms with E-state index < -0.39 is 0 Å². The molecule has 4 N–H and O–H groups in total. The van der Waals surface area contributed by atoms with Gasteiger partial charge in [0.15, 0.2) is 11.1 Å². The van der Waals surface area contributed by atoms with Gasteiger partial charge in [0.25, 0.3) is 0 Å². The first-order chi connectivity index (χ1) is 11.7. The van der Waals surface area contributed by atoms with E-state index in [0.29, 0.717) is 5.11 Å². The molecule has 7 heteroatoms. The molecule has 6 nitrogen and oxygen atoms in total. The first-order valence-electron chi connectivity index (χ1n) is 9.04. The molecule has 1 aliphatic heterocycles. The summed E-state index contributed by atoms with van der Waals surface area (Å²) in [6.45, 7) is 8.48. The largest absolute Gasteiger partial charge is 0.379 e. The second kappa shape index (κ2) is 14.2. The van der Waals surface area contributed by atoms with Crippen LogP contribution in [0.15, 0.2) is 12.2 Å². The van der Waals surface area contributed by atoms with E-state index in [1.807, 2.05) is 0 Å². The predicted octanol–water partition coefficient (Wildman–Crippen LogP) is 1.83. The molecule has 0 spiro atoms. The van der Waals surface area contributed by atoms with Crippen LogP contribution in [0.1, 0.15) is 39.0 Å². The van der Waals surface area contributed by atoms with Gasteiger partial charge in [-0.3, -0.25) is 10.3 Å². The van der Waals surface area contributed by atoms with Crippen molar-refractivity contribution in [2.45, 2.75) is 39.0 Å². The Bertz CT molecular complexity index is 383. The minimum atomic E-state index is 0.257. The smallest absolute Gasteiger partial charge is 0.194 e. The van der Waals surface area contributed by atoms with Gasteiger partial charge in [-0.2, -0.15) is 0 Å². The summed E-state index contributed by atoms with van der Waals surface area (Å²) in [7, 11) is 0. The van der Waals surface area contributed by atoms with Gasteiger partial charge in [-0.1, -0.05) is 31.9 Å². The van der Waals surface area contributed by atoms with Crippen LogP contribution in [0.4, 0.5) is 0 Å². The van der Waals surface area contributed by atoms with Crippen molar-refractivity contribution in [3.63, 3.8) is 0 Å². The number of nitrogens with one attached hydrogen (secondary N) is 4. The second-order valence-corrected chi connectivity index (χ2v) is 6.30. The van der Waals surface area contributed by atoms with Gasteiger partial charge in [0.05, 0.1) is 13.2 Å². The van der Waals surface area contributed by atoms with E-state index in [1.165, 1.54) is 12.8 Å². The van der Waals surface area contributed by atoms with Gasteiger partial charge in [-0.15, -0.1) is 0 Å². The maximum Gasteiger partial charge on any atom is 0.194 e. The van der Waals surface area contributed by atoms with Gasteiger partial charge in [-0.25, -0.2) is 0 Å². The maximum absolute atomic E-state index is 7.84. The van der Waals surface area contributed by atoms with E-state index in [1.54, 1.807) is 0 Å². The Balaban J connectivity index is 1.95. The number of hydrogen-bond donors (Lipinski definition) is 4. The molecule has 0 radical (unpaired) electrons. The third-order valence-corrected chi connectivity index (χ3v) is 4.03. The van der Waals surface area contributed by atoms with E-state index in [4.69, 9.17) is 22.4 Å². The summed E-state index contributed by atoms with van der Waals surface area (Å²) >= 11 is 5.18. The van der Waals surface area contributed by atoms with Gasteiger partial charge in [-0.05, 0) is 38.0 Å². The third kappa shape index (κ3) is 11.4. The molecule has 1 heterocycles. The number of unbranched alkanes of at least 4 members (excludes halogenated alkanes) is 2. The zero-order valence-corrected chi connectivity index (χ0v) is 15.7. The van der Waals surface area contributed by atoms with Crippen LogP contribution in [0.5, 0.6) is 0 Å². The van der Waals surface area contributed by atoms with Crippen LogP contribution in [-0.4, -0.2) is 61.9 Å². The number of nitrogens with zero attached hydrogens (tertiary/aromatic N) is 1. The standard InChI is InChI=1S/C17H33N5OS/c1-2-3-4-5-6-7-9-20-17(24)21-16(18)19-10-8-11-22-12-14-23-15-13-22/h5-6H,2-4,7-15H2,1H3,(H4,18,19,20,21,24). The Hall–Kier alpha value is -1.18. The lowest BCUT2D eigenvalue weighted by molar-refractivity contribution is 0.0376. The third-order valence-electron chi connectivity index (χ3n) is 3.78. The molecular weight excluding hydrogens is 322 g/mol. The van der Waals surface area contributed by atoms with Crippen LogP contribution in [-0.2, 0) is 4.74 Å². The fourth-order valence-corrected chi connectivity index (χ4v) is 2.57. The number of allylic oxidation sites excluding steroid dienone is 1. The van der Waals surface area contributed by atoms with Gasteiger partial charge >= 0.3 is 0 Å². The fraction of sp³-hybridized carbons (Fsp3) is 0.765. The minimum Gasteiger partial charge on any atom is -0.379 e. The first kappa shape index (κ1) is 20.9. The summed E-state index contributed by atoms with van der Waals surface area (Å²) < 4.78 is 5.33. The van der Waals surface area contributed by atoms with Crippen LogP contribution in [0.25, 0.3) is 0 Å². The minimum absolute atomic E-state index is 0.257. The average molecular weight is 356 g/mol. The molecule has 0 aromatic heterocycles. The Morgan fingerprint density at radius 1 is 1.12 bits per heavy atom. The number of hydrogen-bond acceptors (Lipinski definition) is 4. The molecule has 0 unspecified atom stereocenters. The molecular formula is C17H33N5OS. The van der Waals surface area contributed by atoms with Crippen molar-refractivity contribution in [3.05, 3.63) is 12.2 Å². The van der Waals surface area contributed by atoms with Gasteiger partial charge in [0.1, 0.15) is 0 Å². The van der Waals surface area contributed by atoms with Crippen LogP contribution >= 0.6 is 12.2 Å². The van der Waals surface area contributed by atoms with E-state index in [9.17, 15) is 0 Å². The Kier molecular flexibility index (Phi) is 12.3. The Labute approximate surface area is 151 Å². The highest BCUT2D eigenvalue weighted by Crippen LogP contribution is 1.97. The van der Waals surface area contributed by atoms with Crippen LogP contribution in [0, 0.1) is 5.41 Å². The summed E-state index contributed by atoms with van der Waals surface area (Å²) in [6.07, 6.45) is 9.99. The van der Waals surface area contributed by atoms with Crippen LogP contribution in [0.3, 0.4) is 0 Å². The van der Waals surface area contributed by atoms with E-state index in [2.05, 4.69) is 39.9 Å². The molecule has 24 heavy (non-hydrogen) atoms. The van der Waals surface area contributed by atoms with Crippen molar-refractivity contribution in [1.29, 1.82) is 5.41 Å². The Morgan fingerprint density at radius 3 is 2.62 bits per heavy atom. The lowest BCUT2D eigenvalue weighted by atomic mass is 10.2. The number of thiocarbonyl (C=S) groups is 1. The average Bonchev–Trinajstić information content (AvgIpc) is 2.59. The molecule has 0 atom stereocenters. The quantitative estimate of drug-likeness (QED) is 0.158. The number of ether oxygens (including phenoxy) is 1. The summed E-state index contributed by atoms with van der Waals surface area (Å²) in [5.41, 5.74) is 0. The van der Waals surface area contributed by atoms with Crippen molar-refractivity contribution < 1.29 is 4.74 Å². The lowest BCUT2D eigenvalue weighted by Crippen LogP contribution is -2.46. The zero-order chi connectivity index (χ0) is 17.5. The normalized spacial score (nSPS) is 15.4. The zero-order valence-electron chi connectivity index (χ0n) is 14.9. The molecule has 0 aromatic carbocycles. The molecule has 1 rings (SSSR count). The van der Waals surface area contributed by atoms with Gasteiger partial charge in [0.2, 0.25) is 0 Å². The highest BCUT2D eigenvalue weighted by Gasteiger charge is 2.09. The first-order valence-corrected chi connectivity index (χ1v) is 9.45. The maximum atomic E-state index is 7.84. The monoisotopic (exact) mass is 355 g/mol. The van der Waals surface area contributed by atoms with Crippen molar-refractivity contribution in [1.82, 2.24) is 20.9 Å². The highest BCUT2D eigenvalue weighted by molar-refractivity contribution is 7.80. The molecule has 0 aliphatic carbocycles. The summed E-state index contributed by atoms with van der Waals surface area (Å²) in [5, 5.41) is 17.4. The number of rotatable bonds is 10. The van der Waals surface area contributed by atoms with Crippen molar-refractivity contribution in [2.75, 3.05) is 45.9 Å². The predicted molar refractivity (Wildman–Crippen MR) is 105 cm³/mol. The van der Waals surface area contributed by atoms with Crippen molar-refractivity contribution >= 4 is 23.3 Å². The highest BCUT2D eigenvalue weighted by atomic mass is 32.1. The molecule has 0 saturated carbocycles. The molecule has 0 amide bonds. The Morgan fingerprint density at radius 2 is 1.88 bits per heavy atom. The van der Waals surface area contributed by atoms with Crippen molar-refractivity contribution in [2.24, 2.45) is 0 Å². The summed E-state index contributed by atoms with van der Waals surface area (Å²) in [6, 6.07) is 0. The van der Waals surface area contributed by atoms with Gasteiger partial charge in [0, 0.05) is 26.2 Å². The molecule has 1 fully saturated rings. The summed E-state index contributed by atoms with van der Waals surface area (Å²) in [5.74, 6) is 0.257. The molecule has 1 aliphatic rings. The van der Waals surface area contributed by atoms with E-state index in [-0.39, 0.29) is 5.96 Å². The van der Waals surface area contributed by atoms with E-state index >= 15 is 0 Å². The van der Waals surface area contributed by atoms with Gasteiger partial charge < -0.3 is 20.7 Å². The number of guanidine groups is 1. The van der Waals surface area contributed by atoms with Crippen molar-refractivity contribution in [3.8, 4) is 0 Å². The molecule has 0 bridgehead atoms. The fourth-order valence-electron chi connectivity index (χ4n) is 2.37. The molecule has 1 saturated heterocycles. The molecule has 0 aromatic rings. The van der Waals surface area contributed by atoms with Crippen LogP contribution in [0.2, 0.25) is 0 Å². The topological polar surface area (TPSA) is 72.4 Å². The second-order valence-electron chi connectivity index (χ2n) is 5.89. The lowest BCUT2D eigenvalue weighted by Gasteiger charge is -2.26. The SMILES string of the molecule is CCCCC=CCCNC(=S)NC(=N)NCCCN1CCOCC1. The summed E-state index contributed by atoms with van der Waals surface area (Å²) in [4.78, 5) is 2.39. The van der Waals surface area contributed by atoms with E-state index in [0.717, 1.165) is 65.2 Å². The number of morpholine rings is 1. The molecule has 138 valence electrons.